The molecule has 128 valence electrons. The van der Waals surface area contributed by atoms with Crippen LogP contribution < -0.4 is 5.32 Å². The fraction of sp³-hybridized carbons (Fsp3) is 0.0526. The Bertz CT molecular complexity index is 1010. The van der Waals surface area contributed by atoms with Crippen LogP contribution in [0.1, 0.15) is 16.1 Å². The highest BCUT2D eigenvalue weighted by molar-refractivity contribution is 7.08. The van der Waals surface area contributed by atoms with Gasteiger partial charge in [0.2, 0.25) is 0 Å². The molecule has 1 N–H and O–H groups in total. The van der Waals surface area contributed by atoms with Crippen LogP contribution in [0, 0.1) is 0 Å². The van der Waals surface area contributed by atoms with Gasteiger partial charge >= 0.3 is 0 Å². The molecule has 3 heterocycles. The van der Waals surface area contributed by atoms with E-state index in [9.17, 15) is 4.79 Å². The van der Waals surface area contributed by atoms with Crippen molar-refractivity contribution < 1.29 is 4.79 Å². The SMILES string of the molecule is O=C(NCc1ccnc(-c2ccsc2)c1)c1cnn(-c2ccccc2)n1. The lowest BCUT2D eigenvalue weighted by Gasteiger charge is -2.05. The molecule has 1 aromatic carbocycles. The lowest BCUT2D eigenvalue weighted by Crippen LogP contribution is -2.23. The minimum atomic E-state index is -0.263. The third kappa shape index (κ3) is 3.52. The van der Waals surface area contributed by atoms with Gasteiger partial charge in [-0.3, -0.25) is 9.78 Å². The van der Waals surface area contributed by atoms with Gasteiger partial charge in [0.1, 0.15) is 0 Å². The van der Waals surface area contributed by atoms with Crippen molar-refractivity contribution in [3.63, 3.8) is 0 Å². The lowest BCUT2D eigenvalue weighted by atomic mass is 10.1. The topological polar surface area (TPSA) is 72.7 Å². The molecule has 0 aliphatic heterocycles. The molecule has 26 heavy (non-hydrogen) atoms. The van der Waals surface area contributed by atoms with Crippen molar-refractivity contribution in [2.45, 2.75) is 6.54 Å². The van der Waals surface area contributed by atoms with Crippen molar-refractivity contribution >= 4 is 17.2 Å². The van der Waals surface area contributed by atoms with Crippen LogP contribution in [-0.2, 0) is 6.54 Å². The number of pyridine rings is 1. The quantitative estimate of drug-likeness (QED) is 0.592. The number of nitrogens with one attached hydrogen (secondary N) is 1. The van der Waals surface area contributed by atoms with Gasteiger partial charge in [-0.1, -0.05) is 18.2 Å². The number of thiophene rings is 1. The number of carbonyl (C=O) groups excluding carboxylic acids is 1. The van der Waals surface area contributed by atoms with E-state index >= 15 is 0 Å². The highest BCUT2D eigenvalue weighted by Crippen LogP contribution is 2.20. The van der Waals surface area contributed by atoms with Crippen molar-refractivity contribution in [2.24, 2.45) is 0 Å². The first kappa shape index (κ1) is 16.2. The Kier molecular flexibility index (Phi) is 4.53. The summed E-state index contributed by atoms with van der Waals surface area (Å²) in [4.78, 5) is 18.1. The molecular formula is C19H15N5OS. The first-order valence-electron chi connectivity index (χ1n) is 8.03. The Labute approximate surface area is 154 Å². The number of nitrogens with zero attached hydrogens (tertiary/aromatic N) is 4. The normalized spacial score (nSPS) is 10.6. The van der Waals surface area contributed by atoms with Crippen LogP contribution in [-0.4, -0.2) is 25.9 Å². The molecule has 7 heteroatoms. The first-order valence-corrected chi connectivity index (χ1v) is 8.97. The van der Waals surface area contributed by atoms with Crippen molar-refractivity contribution in [3.8, 4) is 16.9 Å². The predicted molar refractivity (Wildman–Crippen MR) is 100 cm³/mol. The zero-order chi connectivity index (χ0) is 17.8. The molecule has 1 amide bonds. The van der Waals surface area contributed by atoms with E-state index in [1.165, 1.54) is 11.0 Å². The number of amides is 1. The summed E-state index contributed by atoms with van der Waals surface area (Å²) in [6, 6.07) is 15.4. The van der Waals surface area contributed by atoms with E-state index in [-0.39, 0.29) is 11.6 Å². The minimum Gasteiger partial charge on any atom is -0.347 e. The Morgan fingerprint density at radius 3 is 2.85 bits per heavy atom. The fourth-order valence-electron chi connectivity index (χ4n) is 2.48. The molecule has 0 aliphatic carbocycles. The molecule has 0 unspecified atom stereocenters. The molecule has 0 bridgehead atoms. The zero-order valence-corrected chi connectivity index (χ0v) is 14.6. The molecule has 6 nitrogen and oxygen atoms in total. The maximum atomic E-state index is 12.3. The minimum absolute atomic E-state index is 0.263. The summed E-state index contributed by atoms with van der Waals surface area (Å²) >= 11 is 1.63. The molecule has 0 saturated heterocycles. The van der Waals surface area contributed by atoms with Gasteiger partial charge in [0.25, 0.3) is 5.91 Å². The lowest BCUT2D eigenvalue weighted by molar-refractivity contribution is 0.0945. The van der Waals surface area contributed by atoms with Crippen molar-refractivity contribution in [2.75, 3.05) is 0 Å². The van der Waals surface area contributed by atoms with Gasteiger partial charge in [0.05, 0.1) is 17.6 Å². The average molecular weight is 361 g/mol. The van der Waals surface area contributed by atoms with E-state index in [2.05, 4.69) is 20.5 Å². The number of para-hydroxylation sites is 1. The van der Waals surface area contributed by atoms with E-state index < -0.39 is 0 Å². The molecule has 0 radical (unpaired) electrons. The number of aromatic nitrogens is 4. The van der Waals surface area contributed by atoms with Crippen LogP contribution in [0.25, 0.3) is 16.9 Å². The monoisotopic (exact) mass is 361 g/mol. The number of hydrogen-bond acceptors (Lipinski definition) is 5. The Morgan fingerprint density at radius 2 is 2.04 bits per heavy atom. The third-order valence-electron chi connectivity index (χ3n) is 3.81. The Balaban J connectivity index is 1.43. The van der Waals surface area contributed by atoms with Gasteiger partial charge in [-0.25, -0.2) is 0 Å². The van der Waals surface area contributed by atoms with Crippen LogP contribution in [0.15, 0.2) is 71.7 Å². The van der Waals surface area contributed by atoms with Crippen LogP contribution in [0.4, 0.5) is 0 Å². The maximum Gasteiger partial charge on any atom is 0.273 e. The molecular weight excluding hydrogens is 346 g/mol. The van der Waals surface area contributed by atoms with Crippen molar-refractivity contribution in [1.29, 1.82) is 0 Å². The van der Waals surface area contributed by atoms with Gasteiger partial charge in [-0.2, -0.15) is 21.2 Å². The van der Waals surface area contributed by atoms with E-state index in [1.54, 1.807) is 17.5 Å². The largest absolute Gasteiger partial charge is 0.347 e. The van der Waals surface area contributed by atoms with E-state index in [4.69, 9.17) is 0 Å². The Hall–Kier alpha value is -3.32. The zero-order valence-electron chi connectivity index (χ0n) is 13.7. The molecule has 0 atom stereocenters. The third-order valence-corrected chi connectivity index (χ3v) is 4.49. The van der Waals surface area contributed by atoms with Crippen LogP contribution in [0.2, 0.25) is 0 Å². The summed E-state index contributed by atoms with van der Waals surface area (Å²) in [6.07, 6.45) is 3.21. The molecule has 4 aromatic rings. The maximum absolute atomic E-state index is 12.3. The highest BCUT2D eigenvalue weighted by Gasteiger charge is 2.11. The van der Waals surface area contributed by atoms with E-state index in [0.29, 0.717) is 6.54 Å². The molecule has 0 aliphatic rings. The predicted octanol–water partition coefficient (Wildman–Crippen LogP) is 3.32. The summed E-state index contributed by atoms with van der Waals surface area (Å²) in [7, 11) is 0. The first-order chi connectivity index (χ1) is 12.8. The van der Waals surface area contributed by atoms with Crippen LogP contribution >= 0.6 is 11.3 Å². The second-order valence-electron chi connectivity index (χ2n) is 5.60. The second kappa shape index (κ2) is 7.28. The van der Waals surface area contributed by atoms with Gasteiger partial charge in [-0.05, 0) is 41.3 Å². The van der Waals surface area contributed by atoms with E-state index in [1.807, 2.05) is 59.3 Å². The molecule has 3 aromatic heterocycles. The van der Waals surface area contributed by atoms with Gasteiger partial charge in [0, 0.05) is 23.7 Å². The molecule has 0 saturated carbocycles. The number of hydrogen-bond donors (Lipinski definition) is 1. The smallest absolute Gasteiger partial charge is 0.273 e. The molecule has 0 fully saturated rings. The molecule has 4 rings (SSSR count). The number of carbonyl (C=O) groups is 1. The number of benzene rings is 1. The van der Waals surface area contributed by atoms with Gasteiger partial charge in [0.15, 0.2) is 5.69 Å². The van der Waals surface area contributed by atoms with Gasteiger partial charge < -0.3 is 5.32 Å². The number of rotatable bonds is 5. The van der Waals surface area contributed by atoms with Crippen molar-refractivity contribution in [3.05, 3.63) is 82.9 Å². The highest BCUT2D eigenvalue weighted by atomic mass is 32.1. The Morgan fingerprint density at radius 1 is 1.15 bits per heavy atom. The van der Waals surface area contributed by atoms with E-state index in [0.717, 1.165) is 22.5 Å². The summed E-state index contributed by atoms with van der Waals surface area (Å²) in [6.45, 7) is 0.399. The second-order valence-corrected chi connectivity index (χ2v) is 6.38. The summed E-state index contributed by atoms with van der Waals surface area (Å²) in [5.74, 6) is -0.263. The molecule has 0 spiro atoms. The average Bonchev–Trinajstić information content (AvgIpc) is 3.39. The van der Waals surface area contributed by atoms with Gasteiger partial charge in [-0.15, -0.1) is 5.10 Å². The fourth-order valence-corrected chi connectivity index (χ4v) is 3.13. The summed E-state index contributed by atoms with van der Waals surface area (Å²) in [5.41, 5.74) is 4.04. The van der Waals surface area contributed by atoms with Crippen LogP contribution in [0.5, 0.6) is 0 Å². The van der Waals surface area contributed by atoms with Crippen LogP contribution in [0.3, 0.4) is 0 Å². The standard InChI is InChI=1S/C19H15N5OS/c25-19(18-12-22-24(23-18)16-4-2-1-3-5-16)21-11-14-6-8-20-17(10-14)15-7-9-26-13-15/h1-10,12-13H,11H2,(H,21,25). The summed E-state index contributed by atoms with van der Waals surface area (Å²) in [5, 5.41) is 15.3. The summed E-state index contributed by atoms with van der Waals surface area (Å²) < 4.78 is 0. The van der Waals surface area contributed by atoms with Crippen molar-refractivity contribution in [1.82, 2.24) is 25.3 Å².